The average Bonchev–Trinajstić information content (AvgIpc) is 2.28. The molecule has 0 saturated heterocycles. The molecule has 0 bridgehead atoms. The van der Waals surface area contributed by atoms with E-state index in [2.05, 4.69) is 5.32 Å². The second-order valence-corrected chi connectivity index (χ2v) is 3.78. The van der Waals surface area contributed by atoms with Crippen molar-refractivity contribution < 1.29 is 9.59 Å². The van der Waals surface area contributed by atoms with Crippen LogP contribution in [-0.2, 0) is 16.0 Å². The van der Waals surface area contributed by atoms with E-state index in [1.165, 1.54) is 0 Å². The molecule has 0 aliphatic heterocycles. The average molecular weight is 235 g/mol. The maximum absolute atomic E-state index is 11.4. The predicted octanol–water partition coefficient (Wildman–Crippen LogP) is 0.392. The molecule has 92 valence electrons. The van der Waals surface area contributed by atoms with E-state index in [0.717, 1.165) is 5.56 Å². The van der Waals surface area contributed by atoms with Crippen molar-refractivity contribution in [3.05, 3.63) is 29.8 Å². The van der Waals surface area contributed by atoms with Crippen LogP contribution in [0.4, 0.5) is 5.69 Å². The van der Waals surface area contributed by atoms with E-state index in [9.17, 15) is 9.59 Å². The Balaban J connectivity index is 2.50. The van der Waals surface area contributed by atoms with Gasteiger partial charge in [0.1, 0.15) is 0 Å². The molecule has 0 aliphatic carbocycles. The number of hydrogen-bond donors (Lipinski definition) is 3. The fourth-order valence-corrected chi connectivity index (χ4v) is 1.39. The van der Waals surface area contributed by atoms with Crippen LogP contribution in [0.2, 0.25) is 0 Å². The molecule has 5 heteroatoms. The van der Waals surface area contributed by atoms with Gasteiger partial charge in [-0.05, 0) is 30.7 Å². The van der Waals surface area contributed by atoms with Crippen LogP contribution in [0.25, 0.3) is 0 Å². The molecule has 0 spiro atoms. The van der Waals surface area contributed by atoms with Crippen molar-refractivity contribution in [3.63, 3.8) is 0 Å². The summed E-state index contributed by atoms with van der Waals surface area (Å²) in [5, 5.41) is 2.75. The number of primary amides is 1. The first-order valence-corrected chi connectivity index (χ1v) is 5.49. The Kier molecular flexibility index (Phi) is 5.16. The molecule has 0 heterocycles. The first kappa shape index (κ1) is 13.2. The van der Waals surface area contributed by atoms with E-state index in [1.807, 2.05) is 0 Å². The van der Waals surface area contributed by atoms with Gasteiger partial charge in [-0.2, -0.15) is 0 Å². The Morgan fingerprint density at radius 1 is 1.18 bits per heavy atom. The summed E-state index contributed by atoms with van der Waals surface area (Å²) in [6.07, 6.45) is 1.30. The fraction of sp³-hybridized carbons (Fsp3) is 0.333. The Morgan fingerprint density at radius 2 is 1.82 bits per heavy atom. The highest BCUT2D eigenvalue weighted by molar-refractivity contribution is 5.90. The number of nitrogens with two attached hydrogens (primary N) is 2. The summed E-state index contributed by atoms with van der Waals surface area (Å²) in [5.74, 6) is -0.428. The van der Waals surface area contributed by atoms with Gasteiger partial charge in [0, 0.05) is 12.1 Å². The van der Waals surface area contributed by atoms with Crippen LogP contribution in [0.5, 0.6) is 0 Å². The first-order valence-electron chi connectivity index (χ1n) is 5.49. The third-order valence-electron chi connectivity index (χ3n) is 2.22. The topological polar surface area (TPSA) is 98.2 Å². The minimum Gasteiger partial charge on any atom is -0.369 e. The van der Waals surface area contributed by atoms with Gasteiger partial charge >= 0.3 is 0 Å². The number of anilines is 1. The molecule has 0 aliphatic rings. The van der Waals surface area contributed by atoms with E-state index in [4.69, 9.17) is 11.5 Å². The van der Waals surface area contributed by atoms with Gasteiger partial charge in [0.15, 0.2) is 0 Å². The minimum absolute atomic E-state index is 0.0573. The maximum Gasteiger partial charge on any atom is 0.224 e. The Labute approximate surface area is 100 Å². The van der Waals surface area contributed by atoms with Crippen LogP contribution in [0.3, 0.4) is 0 Å². The Morgan fingerprint density at radius 3 is 2.35 bits per heavy atom. The number of nitrogens with one attached hydrogen (secondary N) is 1. The highest BCUT2D eigenvalue weighted by atomic mass is 16.1. The first-order chi connectivity index (χ1) is 8.11. The van der Waals surface area contributed by atoms with Crippen molar-refractivity contribution in [2.45, 2.75) is 19.3 Å². The van der Waals surface area contributed by atoms with E-state index in [-0.39, 0.29) is 18.2 Å². The smallest absolute Gasteiger partial charge is 0.224 e. The highest BCUT2D eigenvalue weighted by Crippen LogP contribution is 2.10. The van der Waals surface area contributed by atoms with E-state index in [1.54, 1.807) is 24.3 Å². The molecule has 17 heavy (non-hydrogen) atoms. The van der Waals surface area contributed by atoms with Crippen molar-refractivity contribution >= 4 is 17.5 Å². The molecule has 5 N–H and O–H groups in total. The molecular formula is C12H17N3O2. The molecular weight excluding hydrogens is 218 g/mol. The number of rotatable bonds is 6. The third kappa shape index (κ3) is 5.12. The molecule has 0 atom stereocenters. The lowest BCUT2D eigenvalue weighted by molar-refractivity contribution is -0.117. The van der Waals surface area contributed by atoms with Crippen molar-refractivity contribution in [1.82, 2.24) is 0 Å². The van der Waals surface area contributed by atoms with Crippen molar-refractivity contribution in [2.75, 3.05) is 11.9 Å². The van der Waals surface area contributed by atoms with Gasteiger partial charge < -0.3 is 16.8 Å². The molecule has 5 nitrogen and oxygen atoms in total. The van der Waals surface area contributed by atoms with E-state index >= 15 is 0 Å². The van der Waals surface area contributed by atoms with Crippen LogP contribution in [-0.4, -0.2) is 18.4 Å². The second-order valence-electron chi connectivity index (χ2n) is 3.78. The monoisotopic (exact) mass is 235 g/mol. The van der Waals surface area contributed by atoms with Gasteiger partial charge in [-0.1, -0.05) is 12.1 Å². The summed E-state index contributed by atoms with van der Waals surface area (Å²) in [5.41, 5.74) is 11.9. The van der Waals surface area contributed by atoms with Crippen LogP contribution in [0, 0.1) is 0 Å². The highest BCUT2D eigenvalue weighted by Gasteiger charge is 2.02. The number of carbonyl (C=O) groups is 2. The fourth-order valence-electron chi connectivity index (χ4n) is 1.39. The van der Waals surface area contributed by atoms with E-state index in [0.29, 0.717) is 25.1 Å². The van der Waals surface area contributed by atoms with Crippen LogP contribution in [0.1, 0.15) is 18.4 Å². The SMILES string of the molecule is NCCCC(=O)Nc1ccc(CC(N)=O)cc1. The summed E-state index contributed by atoms with van der Waals surface area (Å²) in [6, 6.07) is 7.03. The molecule has 2 amide bonds. The summed E-state index contributed by atoms with van der Waals surface area (Å²) < 4.78 is 0. The van der Waals surface area contributed by atoms with Crippen molar-refractivity contribution in [3.8, 4) is 0 Å². The summed E-state index contributed by atoms with van der Waals surface area (Å²) in [7, 11) is 0. The van der Waals surface area contributed by atoms with Gasteiger partial charge in [0.2, 0.25) is 11.8 Å². The molecule has 0 radical (unpaired) electrons. The van der Waals surface area contributed by atoms with Gasteiger partial charge in [0.05, 0.1) is 6.42 Å². The number of amides is 2. The number of hydrogen-bond acceptors (Lipinski definition) is 3. The second kappa shape index (κ2) is 6.65. The normalized spacial score (nSPS) is 9.94. The van der Waals surface area contributed by atoms with Crippen molar-refractivity contribution in [2.24, 2.45) is 11.5 Å². The molecule has 0 unspecified atom stereocenters. The molecule has 1 aromatic rings. The zero-order chi connectivity index (χ0) is 12.7. The molecule has 0 saturated carbocycles. The maximum atomic E-state index is 11.4. The van der Waals surface area contributed by atoms with Crippen LogP contribution in [0.15, 0.2) is 24.3 Å². The zero-order valence-electron chi connectivity index (χ0n) is 9.61. The Bertz CT molecular complexity index is 387. The number of benzene rings is 1. The van der Waals surface area contributed by atoms with E-state index < -0.39 is 0 Å². The largest absolute Gasteiger partial charge is 0.369 e. The molecule has 1 rings (SSSR count). The molecule has 1 aromatic carbocycles. The Hall–Kier alpha value is -1.88. The van der Waals surface area contributed by atoms with Gasteiger partial charge in [-0.15, -0.1) is 0 Å². The van der Waals surface area contributed by atoms with Gasteiger partial charge in [-0.25, -0.2) is 0 Å². The summed E-state index contributed by atoms with van der Waals surface area (Å²) >= 11 is 0. The summed E-state index contributed by atoms with van der Waals surface area (Å²) in [6.45, 7) is 0.505. The lowest BCUT2D eigenvalue weighted by atomic mass is 10.1. The zero-order valence-corrected chi connectivity index (χ0v) is 9.61. The molecule has 0 fully saturated rings. The molecule has 0 aromatic heterocycles. The van der Waals surface area contributed by atoms with Crippen LogP contribution >= 0.6 is 0 Å². The minimum atomic E-state index is -0.371. The predicted molar refractivity (Wildman–Crippen MR) is 66.3 cm³/mol. The third-order valence-corrected chi connectivity index (χ3v) is 2.22. The van der Waals surface area contributed by atoms with Crippen molar-refractivity contribution in [1.29, 1.82) is 0 Å². The van der Waals surface area contributed by atoms with Crippen LogP contribution < -0.4 is 16.8 Å². The van der Waals surface area contributed by atoms with Gasteiger partial charge in [0.25, 0.3) is 0 Å². The quantitative estimate of drug-likeness (QED) is 0.665. The lowest BCUT2D eigenvalue weighted by Crippen LogP contribution is -2.14. The standard InChI is InChI=1S/C12H17N3O2/c13-7-1-2-12(17)15-10-5-3-9(4-6-10)8-11(14)16/h3-6H,1-2,7-8,13H2,(H2,14,16)(H,15,17). The van der Waals surface area contributed by atoms with Gasteiger partial charge in [-0.3, -0.25) is 9.59 Å². The summed E-state index contributed by atoms with van der Waals surface area (Å²) in [4.78, 5) is 22.1. The number of carbonyl (C=O) groups excluding carboxylic acids is 2. The lowest BCUT2D eigenvalue weighted by Gasteiger charge is -2.05.